The van der Waals surface area contributed by atoms with Crippen molar-refractivity contribution in [3.05, 3.63) is 71.6 Å². The fraction of sp³-hybridized carbons (Fsp3) is 0.136. The molecule has 0 saturated heterocycles. The van der Waals surface area contributed by atoms with Gasteiger partial charge in [0.1, 0.15) is 5.69 Å². The number of anilines is 2. The van der Waals surface area contributed by atoms with E-state index in [4.69, 9.17) is 9.97 Å². The molecule has 2 aromatic carbocycles. The van der Waals surface area contributed by atoms with E-state index in [0.717, 1.165) is 32.9 Å². The lowest BCUT2D eigenvalue weighted by atomic mass is 9.96. The van der Waals surface area contributed by atoms with Crippen LogP contribution in [0.4, 0.5) is 11.5 Å². The van der Waals surface area contributed by atoms with Crippen molar-refractivity contribution < 1.29 is 9.90 Å². The van der Waals surface area contributed by atoms with Gasteiger partial charge in [0.05, 0.1) is 15.9 Å². The number of hydrogen-bond acceptors (Lipinski definition) is 6. The van der Waals surface area contributed by atoms with Gasteiger partial charge in [-0.15, -0.1) is 11.3 Å². The predicted molar refractivity (Wildman–Crippen MR) is 111 cm³/mol. The first kappa shape index (κ1) is 18.1. The number of nitrogens with zero attached hydrogens (tertiary/aromatic N) is 2. The average Bonchev–Trinajstić information content (AvgIpc) is 3.24. The summed E-state index contributed by atoms with van der Waals surface area (Å²) in [4.78, 5) is 21.8. The number of carbonyl (C=O) groups excluding carboxylic acids is 1. The van der Waals surface area contributed by atoms with Crippen LogP contribution < -0.4 is 10.4 Å². The number of fused-ring (bicyclic) bond motifs is 1. The van der Waals surface area contributed by atoms with Crippen LogP contribution in [0.1, 0.15) is 24.8 Å². The number of rotatable bonds is 6. The smallest absolute Gasteiger partial charge is 0.158 e. The van der Waals surface area contributed by atoms with Crippen molar-refractivity contribution in [2.75, 3.05) is 5.32 Å². The molecule has 5 nitrogen and oxygen atoms in total. The molecule has 0 aliphatic heterocycles. The van der Waals surface area contributed by atoms with Crippen molar-refractivity contribution in [1.29, 1.82) is 0 Å². The number of carbonyl (C=O) groups is 1. The van der Waals surface area contributed by atoms with Crippen molar-refractivity contribution in [2.45, 2.75) is 19.3 Å². The minimum absolute atomic E-state index is 0.494. The van der Waals surface area contributed by atoms with Gasteiger partial charge in [0, 0.05) is 17.6 Å². The number of benzene rings is 2. The van der Waals surface area contributed by atoms with Gasteiger partial charge in [-0.2, -0.15) is 0 Å². The summed E-state index contributed by atoms with van der Waals surface area (Å²) in [7, 11) is 0. The second-order valence-electron chi connectivity index (χ2n) is 6.41. The van der Waals surface area contributed by atoms with Gasteiger partial charge < -0.3 is 15.2 Å². The quantitative estimate of drug-likeness (QED) is 0.531. The van der Waals surface area contributed by atoms with E-state index in [-0.39, 0.29) is 0 Å². The number of thiophene rings is 1. The largest absolute Gasteiger partial charge is 0.549 e. The molecule has 1 N–H and O–H groups in total. The maximum Gasteiger partial charge on any atom is 0.158 e. The molecule has 0 radical (unpaired) electrons. The maximum atomic E-state index is 11.3. The van der Waals surface area contributed by atoms with Crippen LogP contribution in [0.25, 0.3) is 21.6 Å². The number of hydrogen-bond donors (Lipinski definition) is 1. The first-order valence-electron chi connectivity index (χ1n) is 9.04. The highest BCUT2D eigenvalue weighted by molar-refractivity contribution is 7.13. The normalized spacial score (nSPS) is 12.0. The van der Waals surface area contributed by atoms with Gasteiger partial charge in [0.15, 0.2) is 5.82 Å². The van der Waals surface area contributed by atoms with Gasteiger partial charge in [-0.25, -0.2) is 9.97 Å². The highest BCUT2D eigenvalue weighted by atomic mass is 32.1. The predicted octanol–water partition coefficient (Wildman–Crippen LogP) is 4.35. The standard InChI is InChI=1S/C22H19N3O2S/c1-2-16(22(26)27)14-9-11-15(12-10-14)23-21-20(19-8-5-13-28-19)24-17-6-3-4-7-18(17)25-21/h3-13,16H,2H2,1H3,(H,23,25)(H,26,27)/p-1. The Morgan fingerprint density at radius 2 is 1.75 bits per heavy atom. The lowest BCUT2D eigenvalue weighted by Gasteiger charge is -2.17. The molecule has 0 aliphatic rings. The third-order valence-electron chi connectivity index (χ3n) is 4.59. The van der Waals surface area contributed by atoms with Crippen LogP contribution in [0.3, 0.4) is 0 Å². The summed E-state index contributed by atoms with van der Waals surface area (Å²) in [6.07, 6.45) is 0.494. The summed E-state index contributed by atoms with van der Waals surface area (Å²) >= 11 is 1.61. The SMILES string of the molecule is CCC(C(=O)[O-])c1ccc(Nc2nc3ccccc3nc2-c2cccs2)cc1. The van der Waals surface area contributed by atoms with Crippen LogP contribution >= 0.6 is 11.3 Å². The van der Waals surface area contributed by atoms with Crippen LogP contribution in [-0.2, 0) is 4.79 Å². The van der Waals surface area contributed by atoms with Gasteiger partial charge in [-0.05, 0) is 47.7 Å². The number of aliphatic carboxylic acids is 1. The molecule has 1 unspecified atom stereocenters. The van der Waals surface area contributed by atoms with E-state index in [2.05, 4.69) is 5.32 Å². The van der Waals surface area contributed by atoms with Crippen molar-refractivity contribution in [1.82, 2.24) is 9.97 Å². The molecule has 1 atom stereocenters. The highest BCUT2D eigenvalue weighted by Gasteiger charge is 2.14. The molecule has 4 rings (SSSR count). The molecule has 28 heavy (non-hydrogen) atoms. The molecular formula is C22H18N3O2S-. The Morgan fingerprint density at radius 1 is 1.04 bits per heavy atom. The summed E-state index contributed by atoms with van der Waals surface area (Å²) in [5.74, 6) is -0.986. The zero-order chi connectivity index (χ0) is 19.5. The number of carboxylic acids is 1. The summed E-state index contributed by atoms with van der Waals surface area (Å²) in [5, 5.41) is 16.6. The van der Waals surface area contributed by atoms with Gasteiger partial charge in [0.2, 0.25) is 0 Å². The monoisotopic (exact) mass is 388 g/mol. The molecule has 0 fully saturated rings. The lowest BCUT2D eigenvalue weighted by Crippen LogP contribution is -2.29. The van der Waals surface area contributed by atoms with Crippen LogP contribution in [0.15, 0.2) is 66.0 Å². The molecule has 4 aromatic rings. The van der Waals surface area contributed by atoms with Gasteiger partial charge in [0.25, 0.3) is 0 Å². The lowest BCUT2D eigenvalue weighted by molar-refractivity contribution is -0.308. The fourth-order valence-corrected chi connectivity index (χ4v) is 3.86. The zero-order valence-electron chi connectivity index (χ0n) is 15.3. The Balaban J connectivity index is 1.71. The molecule has 2 aromatic heterocycles. The molecule has 6 heteroatoms. The Morgan fingerprint density at radius 3 is 2.36 bits per heavy atom. The zero-order valence-corrected chi connectivity index (χ0v) is 16.1. The van der Waals surface area contributed by atoms with E-state index < -0.39 is 11.9 Å². The fourth-order valence-electron chi connectivity index (χ4n) is 3.15. The number of nitrogens with one attached hydrogen (secondary N) is 1. The summed E-state index contributed by atoms with van der Waals surface area (Å²) in [5.41, 5.74) is 3.99. The highest BCUT2D eigenvalue weighted by Crippen LogP contribution is 2.32. The average molecular weight is 388 g/mol. The minimum atomic E-state index is -1.05. The van der Waals surface area contributed by atoms with Gasteiger partial charge in [-0.1, -0.05) is 37.3 Å². The van der Waals surface area contributed by atoms with E-state index in [0.29, 0.717) is 12.2 Å². The van der Waals surface area contributed by atoms with Crippen molar-refractivity contribution in [2.24, 2.45) is 0 Å². The number of para-hydroxylation sites is 2. The third kappa shape index (κ3) is 3.59. The molecule has 2 heterocycles. The summed E-state index contributed by atoms with van der Waals surface area (Å²) in [6.45, 7) is 1.84. The molecule has 0 aliphatic carbocycles. The Hall–Kier alpha value is -3.25. The number of carboxylic acid groups (broad SMARTS) is 1. The second kappa shape index (κ2) is 7.78. The molecule has 0 amide bonds. The molecule has 140 valence electrons. The van der Waals surface area contributed by atoms with E-state index >= 15 is 0 Å². The third-order valence-corrected chi connectivity index (χ3v) is 5.47. The molecular weight excluding hydrogens is 370 g/mol. The topological polar surface area (TPSA) is 77.9 Å². The maximum absolute atomic E-state index is 11.3. The van der Waals surface area contributed by atoms with E-state index in [9.17, 15) is 9.90 Å². The van der Waals surface area contributed by atoms with E-state index in [1.54, 1.807) is 11.3 Å². The Kier molecular flexibility index (Phi) is 5.04. The Bertz CT molecular complexity index is 1110. The molecule has 0 saturated carbocycles. The van der Waals surface area contributed by atoms with Crippen molar-refractivity contribution >= 4 is 39.8 Å². The van der Waals surface area contributed by atoms with Crippen molar-refractivity contribution in [3.8, 4) is 10.6 Å². The summed E-state index contributed by atoms with van der Waals surface area (Å²) in [6, 6.07) is 19.1. The second-order valence-corrected chi connectivity index (χ2v) is 7.36. The molecule has 0 spiro atoms. The van der Waals surface area contributed by atoms with Crippen molar-refractivity contribution in [3.63, 3.8) is 0 Å². The molecule has 0 bridgehead atoms. The first-order chi connectivity index (χ1) is 13.7. The minimum Gasteiger partial charge on any atom is -0.549 e. The van der Waals surface area contributed by atoms with Crippen LogP contribution in [0, 0.1) is 0 Å². The Labute approximate surface area is 166 Å². The first-order valence-corrected chi connectivity index (χ1v) is 9.92. The van der Waals surface area contributed by atoms with Gasteiger partial charge in [-0.3, -0.25) is 0 Å². The van der Waals surface area contributed by atoms with Crippen LogP contribution in [0.2, 0.25) is 0 Å². The van der Waals surface area contributed by atoms with E-state index in [1.807, 2.05) is 73.0 Å². The van der Waals surface area contributed by atoms with Crippen LogP contribution in [0.5, 0.6) is 0 Å². The van der Waals surface area contributed by atoms with E-state index in [1.165, 1.54) is 0 Å². The van der Waals surface area contributed by atoms with Crippen LogP contribution in [-0.4, -0.2) is 15.9 Å². The van der Waals surface area contributed by atoms with Gasteiger partial charge >= 0.3 is 0 Å². The summed E-state index contributed by atoms with van der Waals surface area (Å²) < 4.78 is 0. The number of aromatic nitrogens is 2.